The molecule has 0 bridgehead atoms. The summed E-state index contributed by atoms with van der Waals surface area (Å²) in [7, 11) is 0. The number of nitrogens with two attached hydrogens (primary N) is 1. The quantitative estimate of drug-likeness (QED) is 0.579. The standard InChI is InChI=1S/C14H18N2O5/c15-11-7-21-6-10(11)13(18)16-12(14(19)20)5-8-1-3-9(17)4-2-8/h1-4,10-12,17H,5-7,15H2,(H,16,18)(H,19,20). The van der Waals surface area contributed by atoms with Gasteiger partial charge in [0.2, 0.25) is 5.91 Å². The predicted octanol–water partition coefficient (Wildman–Crippen LogP) is -0.522. The van der Waals surface area contributed by atoms with Crippen LogP contribution in [0.4, 0.5) is 0 Å². The van der Waals surface area contributed by atoms with Crippen LogP contribution in [0.25, 0.3) is 0 Å². The average molecular weight is 294 g/mol. The van der Waals surface area contributed by atoms with E-state index in [1.54, 1.807) is 12.1 Å². The van der Waals surface area contributed by atoms with Gasteiger partial charge < -0.3 is 26.0 Å². The number of hydrogen-bond donors (Lipinski definition) is 4. The molecule has 1 aromatic rings. The van der Waals surface area contributed by atoms with Crippen LogP contribution in [-0.2, 0) is 20.7 Å². The highest BCUT2D eigenvalue weighted by Gasteiger charge is 2.33. The van der Waals surface area contributed by atoms with Crippen molar-refractivity contribution in [1.82, 2.24) is 5.32 Å². The van der Waals surface area contributed by atoms with Gasteiger partial charge in [0.15, 0.2) is 0 Å². The van der Waals surface area contributed by atoms with Crippen LogP contribution in [0, 0.1) is 5.92 Å². The molecule has 7 heteroatoms. The van der Waals surface area contributed by atoms with Crippen LogP contribution in [0.1, 0.15) is 5.56 Å². The first-order valence-corrected chi connectivity index (χ1v) is 6.62. The highest BCUT2D eigenvalue weighted by Crippen LogP contribution is 2.14. The summed E-state index contributed by atoms with van der Waals surface area (Å²) in [6.07, 6.45) is 0.129. The van der Waals surface area contributed by atoms with Crippen molar-refractivity contribution >= 4 is 11.9 Å². The fraction of sp³-hybridized carbons (Fsp3) is 0.429. The third-order valence-corrected chi connectivity index (χ3v) is 3.45. The Morgan fingerprint density at radius 1 is 1.33 bits per heavy atom. The Morgan fingerprint density at radius 2 is 2.00 bits per heavy atom. The predicted molar refractivity (Wildman–Crippen MR) is 73.7 cm³/mol. The van der Waals surface area contributed by atoms with Gasteiger partial charge in [-0.3, -0.25) is 4.79 Å². The van der Waals surface area contributed by atoms with Gasteiger partial charge in [-0.2, -0.15) is 0 Å². The summed E-state index contributed by atoms with van der Waals surface area (Å²) in [4.78, 5) is 23.3. The molecule has 2 rings (SSSR count). The first kappa shape index (κ1) is 15.3. The summed E-state index contributed by atoms with van der Waals surface area (Å²) in [5.41, 5.74) is 6.44. The summed E-state index contributed by atoms with van der Waals surface area (Å²) in [5, 5.41) is 20.9. The maximum atomic E-state index is 12.0. The smallest absolute Gasteiger partial charge is 0.326 e. The molecule has 1 saturated heterocycles. The highest BCUT2D eigenvalue weighted by molar-refractivity contribution is 5.85. The van der Waals surface area contributed by atoms with Crippen molar-refractivity contribution in [3.8, 4) is 5.75 Å². The molecule has 21 heavy (non-hydrogen) atoms. The number of nitrogens with one attached hydrogen (secondary N) is 1. The van der Waals surface area contributed by atoms with E-state index in [9.17, 15) is 19.8 Å². The van der Waals surface area contributed by atoms with E-state index in [-0.39, 0.29) is 18.8 Å². The van der Waals surface area contributed by atoms with Crippen molar-refractivity contribution in [2.75, 3.05) is 13.2 Å². The van der Waals surface area contributed by atoms with Crippen LogP contribution < -0.4 is 11.1 Å². The molecule has 0 radical (unpaired) electrons. The number of benzene rings is 1. The van der Waals surface area contributed by atoms with Crippen LogP contribution in [0.2, 0.25) is 0 Å². The molecular formula is C14H18N2O5. The van der Waals surface area contributed by atoms with Gasteiger partial charge in [-0.15, -0.1) is 0 Å². The normalized spacial score (nSPS) is 22.7. The van der Waals surface area contributed by atoms with Gasteiger partial charge in [-0.25, -0.2) is 4.79 Å². The number of phenolic OH excluding ortho intramolecular Hbond substituents is 1. The van der Waals surface area contributed by atoms with Gasteiger partial charge in [-0.05, 0) is 17.7 Å². The van der Waals surface area contributed by atoms with Crippen LogP contribution >= 0.6 is 0 Å². The number of hydrogen-bond acceptors (Lipinski definition) is 5. The van der Waals surface area contributed by atoms with Crippen molar-refractivity contribution in [3.05, 3.63) is 29.8 Å². The zero-order chi connectivity index (χ0) is 15.4. The minimum Gasteiger partial charge on any atom is -0.508 e. The molecule has 1 aromatic carbocycles. The summed E-state index contributed by atoms with van der Waals surface area (Å²) in [5.74, 6) is -1.95. The van der Waals surface area contributed by atoms with E-state index >= 15 is 0 Å². The van der Waals surface area contributed by atoms with E-state index in [0.29, 0.717) is 12.2 Å². The molecule has 0 saturated carbocycles. The maximum Gasteiger partial charge on any atom is 0.326 e. The number of carboxylic acid groups (broad SMARTS) is 1. The maximum absolute atomic E-state index is 12.0. The molecule has 1 aliphatic heterocycles. The lowest BCUT2D eigenvalue weighted by molar-refractivity contribution is -0.142. The zero-order valence-corrected chi connectivity index (χ0v) is 11.4. The number of ether oxygens (including phenoxy) is 1. The Balaban J connectivity index is 2.00. The van der Waals surface area contributed by atoms with Gasteiger partial charge in [0.05, 0.1) is 19.1 Å². The van der Waals surface area contributed by atoms with E-state index in [1.807, 2.05) is 0 Å². The SMILES string of the molecule is NC1COCC1C(=O)NC(Cc1ccc(O)cc1)C(=O)O. The summed E-state index contributed by atoms with van der Waals surface area (Å²) in [6, 6.07) is 4.71. The number of phenols is 1. The molecule has 0 aliphatic carbocycles. The van der Waals surface area contributed by atoms with Crippen LogP contribution in [0.5, 0.6) is 5.75 Å². The Bertz CT molecular complexity index is 517. The molecule has 1 heterocycles. The summed E-state index contributed by atoms with van der Waals surface area (Å²) in [6.45, 7) is 0.506. The van der Waals surface area contributed by atoms with E-state index in [4.69, 9.17) is 10.5 Å². The molecule has 7 nitrogen and oxygen atoms in total. The van der Waals surface area contributed by atoms with Gasteiger partial charge in [-0.1, -0.05) is 12.1 Å². The van der Waals surface area contributed by atoms with Crippen molar-refractivity contribution in [2.45, 2.75) is 18.5 Å². The Morgan fingerprint density at radius 3 is 2.52 bits per heavy atom. The van der Waals surface area contributed by atoms with Crippen LogP contribution in [0.15, 0.2) is 24.3 Å². The average Bonchev–Trinajstić information content (AvgIpc) is 2.86. The molecule has 1 fully saturated rings. The first-order chi connectivity index (χ1) is 9.97. The number of amides is 1. The molecule has 3 atom stereocenters. The van der Waals surface area contributed by atoms with E-state index in [1.165, 1.54) is 12.1 Å². The lowest BCUT2D eigenvalue weighted by Gasteiger charge is -2.18. The van der Waals surface area contributed by atoms with E-state index in [2.05, 4.69) is 5.32 Å². The van der Waals surface area contributed by atoms with E-state index in [0.717, 1.165) is 0 Å². The number of aliphatic carboxylic acids is 1. The molecule has 0 aromatic heterocycles. The number of aromatic hydroxyl groups is 1. The van der Waals surface area contributed by atoms with Crippen molar-refractivity contribution in [2.24, 2.45) is 11.7 Å². The molecule has 0 spiro atoms. The second-order valence-corrected chi connectivity index (χ2v) is 5.08. The minimum atomic E-state index is -1.12. The van der Waals surface area contributed by atoms with Crippen molar-refractivity contribution < 1.29 is 24.5 Å². The van der Waals surface area contributed by atoms with Crippen molar-refractivity contribution in [1.29, 1.82) is 0 Å². The fourth-order valence-electron chi connectivity index (χ4n) is 2.19. The van der Waals surface area contributed by atoms with Crippen LogP contribution in [-0.4, -0.2) is 47.4 Å². The van der Waals surface area contributed by atoms with Gasteiger partial charge >= 0.3 is 5.97 Å². The third-order valence-electron chi connectivity index (χ3n) is 3.45. The monoisotopic (exact) mass is 294 g/mol. The Hall–Kier alpha value is -2.12. The summed E-state index contributed by atoms with van der Waals surface area (Å²) >= 11 is 0. The van der Waals surface area contributed by atoms with Crippen molar-refractivity contribution in [3.63, 3.8) is 0 Å². The first-order valence-electron chi connectivity index (χ1n) is 6.62. The van der Waals surface area contributed by atoms with Gasteiger partial charge in [0.25, 0.3) is 0 Å². The Kier molecular flexibility index (Phi) is 4.77. The third kappa shape index (κ3) is 3.93. The van der Waals surface area contributed by atoms with Crippen LogP contribution in [0.3, 0.4) is 0 Å². The largest absolute Gasteiger partial charge is 0.508 e. The minimum absolute atomic E-state index is 0.101. The fourth-order valence-corrected chi connectivity index (χ4v) is 2.19. The number of carbonyl (C=O) groups is 2. The van der Waals surface area contributed by atoms with E-state index < -0.39 is 29.9 Å². The van der Waals surface area contributed by atoms with Gasteiger partial charge in [0, 0.05) is 12.5 Å². The second kappa shape index (κ2) is 6.55. The second-order valence-electron chi connectivity index (χ2n) is 5.08. The Labute approximate surface area is 121 Å². The molecule has 114 valence electrons. The summed E-state index contributed by atoms with van der Waals surface area (Å²) < 4.78 is 5.10. The number of carboxylic acids is 1. The number of rotatable bonds is 5. The number of carbonyl (C=O) groups excluding carboxylic acids is 1. The molecular weight excluding hydrogens is 276 g/mol. The lowest BCUT2D eigenvalue weighted by atomic mass is 10.0. The zero-order valence-electron chi connectivity index (χ0n) is 11.4. The molecule has 1 amide bonds. The molecule has 3 unspecified atom stereocenters. The lowest BCUT2D eigenvalue weighted by Crippen LogP contribution is -2.48. The topological polar surface area (TPSA) is 122 Å². The van der Waals surface area contributed by atoms with Gasteiger partial charge in [0.1, 0.15) is 11.8 Å². The molecule has 1 aliphatic rings. The highest BCUT2D eigenvalue weighted by atomic mass is 16.5. The molecule has 5 N–H and O–H groups in total.